The molecule has 10 heteroatoms. The largest absolute Gasteiger partial charge is 0.491 e. The molecule has 0 amide bonds. The number of nitrogens with zero attached hydrogens (tertiary/aromatic N) is 4. The zero-order valence-corrected chi connectivity index (χ0v) is 17.2. The number of aliphatic hydroxyl groups is 2. The maximum Gasteiger partial charge on any atom is 0.164 e. The summed E-state index contributed by atoms with van der Waals surface area (Å²) in [6, 6.07) is 9.26. The summed E-state index contributed by atoms with van der Waals surface area (Å²) >= 11 is 3.40. The molecule has 5 rings (SSSR count). The molecule has 1 fully saturated rings. The quantitative estimate of drug-likeness (QED) is 0.412. The van der Waals surface area contributed by atoms with Crippen molar-refractivity contribution in [1.82, 2.24) is 19.5 Å². The van der Waals surface area contributed by atoms with Crippen molar-refractivity contribution < 1.29 is 19.7 Å². The summed E-state index contributed by atoms with van der Waals surface area (Å²) in [4.78, 5) is 12.5. The summed E-state index contributed by atoms with van der Waals surface area (Å²) in [7, 11) is 0. The van der Waals surface area contributed by atoms with E-state index in [0.29, 0.717) is 22.6 Å². The molecule has 1 aliphatic rings. The van der Waals surface area contributed by atoms with E-state index in [2.05, 4.69) is 30.9 Å². The number of rotatable bonds is 4. The zero-order valence-electron chi connectivity index (χ0n) is 15.6. The minimum absolute atomic E-state index is 0.0626. The molecule has 3 aromatic heterocycles. The van der Waals surface area contributed by atoms with Gasteiger partial charge in [-0.1, -0.05) is 0 Å². The van der Waals surface area contributed by atoms with Crippen LogP contribution < -0.4 is 10.5 Å². The van der Waals surface area contributed by atoms with Gasteiger partial charge in [0, 0.05) is 28.3 Å². The van der Waals surface area contributed by atoms with Gasteiger partial charge < -0.3 is 30.0 Å². The van der Waals surface area contributed by atoms with E-state index in [4.69, 9.17) is 15.2 Å². The van der Waals surface area contributed by atoms with Crippen LogP contribution in [0.3, 0.4) is 0 Å². The molecular weight excluding hydrogens is 454 g/mol. The predicted molar refractivity (Wildman–Crippen MR) is 113 cm³/mol. The molecule has 4 N–H and O–H groups in total. The van der Waals surface area contributed by atoms with Crippen molar-refractivity contribution in [2.45, 2.75) is 24.5 Å². The molecule has 0 aliphatic carbocycles. The van der Waals surface area contributed by atoms with E-state index in [1.807, 2.05) is 24.3 Å². The molecule has 30 heavy (non-hydrogen) atoms. The third-order valence-electron chi connectivity index (χ3n) is 5.19. The van der Waals surface area contributed by atoms with Crippen LogP contribution in [0.4, 0.5) is 5.82 Å². The second-order valence-corrected chi connectivity index (χ2v) is 8.00. The highest BCUT2D eigenvalue weighted by Gasteiger charge is 2.44. The molecule has 1 saturated heterocycles. The average Bonchev–Trinajstić information content (AvgIpc) is 3.29. The number of nitrogen functional groups attached to an aromatic ring is 1. The first-order valence-corrected chi connectivity index (χ1v) is 10.1. The number of pyridine rings is 1. The zero-order chi connectivity index (χ0) is 20.8. The van der Waals surface area contributed by atoms with Crippen molar-refractivity contribution in [3.8, 4) is 5.75 Å². The van der Waals surface area contributed by atoms with E-state index in [0.717, 1.165) is 15.4 Å². The van der Waals surface area contributed by atoms with Crippen molar-refractivity contribution in [2.24, 2.45) is 0 Å². The monoisotopic (exact) mass is 471 g/mol. The molecule has 0 saturated carbocycles. The highest BCUT2D eigenvalue weighted by molar-refractivity contribution is 9.10. The van der Waals surface area contributed by atoms with Gasteiger partial charge in [-0.2, -0.15) is 0 Å². The van der Waals surface area contributed by atoms with Crippen LogP contribution in [-0.4, -0.2) is 54.7 Å². The number of ether oxygens (including phenoxy) is 2. The Morgan fingerprint density at radius 1 is 1.13 bits per heavy atom. The molecule has 0 spiro atoms. The van der Waals surface area contributed by atoms with Crippen LogP contribution in [0, 0.1) is 0 Å². The first-order chi connectivity index (χ1) is 14.5. The van der Waals surface area contributed by atoms with Crippen LogP contribution in [0.15, 0.2) is 53.5 Å². The molecule has 0 bridgehead atoms. The predicted octanol–water partition coefficient (Wildman–Crippen LogP) is 2.02. The smallest absolute Gasteiger partial charge is 0.164 e. The second kappa shape index (κ2) is 7.47. The number of anilines is 1. The third kappa shape index (κ3) is 3.27. The third-order valence-corrected chi connectivity index (χ3v) is 5.62. The van der Waals surface area contributed by atoms with Gasteiger partial charge in [-0.15, -0.1) is 0 Å². The second-order valence-electron chi connectivity index (χ2n) is 7.08. The standard InChI is InChI=1S/C20H18BrN5O4/c21-11-5-10-1-2-12(6-14(10)23-7-11)29-8-15-16(27)17(28)20(30-15)26-4-3-13-18(22)24-9-25-19(13)26/h1-7,9,15-17,20,27-28H,8H2,(H2,22,24,25)/t15-,16-,17-,20-/m1/s1. The fraction of sp³-hybridized carbons (Fsp3) is 0.250. The van der Waals surface area contributed by atoms with Crippen molar-refractivity contribution >= 4 is 43.7 Å². The molecule has 1 aliphatic heterocycles. The highest BCUT2D eigenvalue weighted by Crippen LogP contribution is 2.33. The fourth-order valence-electron chi connectivity index (χ4n) is 3.64. The highest BCUT2D eigenvalue weighted by atomic mass is 79.9. The van der Waals surface area contributed by atoms with Gasteiger partial charge in [-0.3, -0.25) is 4.98 Å². The summed E-state index contributed by atoms with van der Waals surface area (Å²) in [5.41, 5.74) is 7.18. The van der Waals surface area contributed by atoms with Gasteiger partial charge in [0.2, 0.25) is 0 Å². The van der Waals surface area contributed by atoms with Gasteiger partial charge in [0.15, 0.2) is 6.23 Å². The molecule has 4 heterocycles. The molecule has 154 valence electrons. The molecule has 9 nitrogen and oxygen atoms in total. The van der Waals surface area contributed by atoms with Crippen molar-refractivity contribution in [3.05, 3.63) is 53.5 Å². The van der Waals surface area contributed by atoms with E-state index in [-0.39, 0.29) is 6.61 Å². The van der Waals surface area contributed by atoms with Gasteiger partial charge in [0.1, 0.15) is 48.5 Å². The first kappa shape index (κ1) is 19.2. The number of halogens is 1. The van der Waals surface area contributed by atoms with Gasteiger partial charge >= 0.3 is 0 Å². The lowest BCUT2D eigenvalue weighted by Crippen LogP contribution is -2.34. The van der Waals surface area contributed by atoms with Gasteiger partial charge in [-0.25, -0.2) is 9.97 Å². The van der Waals surface area contributed by atoms with E-state index >= 15 is 0 Å². The SMILES string of the molecule is Nc1ncnc2c1ccn2[C@@H]1O[C@H](COc2ccc3cc(Br)cnc3c2)[C@@H](O)[C@H]1O. The number of fused-ring (bicyclic) bond motifs is 2. The maximum absolute atomic E-state index is 10.6. The summed E-state index contributed by atoms with van der Waals surface area (Å²) in [5.74, 6) is 0.932. The number of benzene rings is 1. The van der Waals surface area contributed by atoms with E-state index < -0.39 is 24.5 Å². The number of aromatic nitrogens is 4. The molecule has 0 radical (unpaired) electrons. The van der Waals surface area contributed by atoms with Crippen LogP contribution in [0.2, 0.25) is 0 Å². The Kier molecular flexibility index (Phi) is 4.78. The van der Waals surface area contributed by atoms with Crippen molar-refractivity contribution in [1.29, 1.82) is 0 Å². The van der Waals surface area contributed by atoms with Crippen LogP contribution in [-0.2, 0) is 4.74 Å². The minimum Gasteiger partial charge on any atom is -0.491 e. The van der Waals surface area contributed by atoms with Crippen LogP contribution in [0.25, 0.3) is 21.9 Å². The van der Waals surface area contributed by atoms with Gasteiger partial charge in [-0.05, 0) is 40.2 Å². The topological polar surface area (TPSA) is 129 Å². The molecule has 0 unspecified atom stereocenters. The lowest BCUT2D eigenvalue weighted by atomic mass is 10.1. The Morgan fingerprint density at radius 3 is 2.87 bits per heavy atom. The number of hydrogen-bond donors (Lipinski definition) is 3. The molecule has 4 aromatic rings. The Hall–Kier alpha value is -2.79. The van der Waals surface area contributed by atoms with Crippen molar-refractivity contribution in [3.63, 3.8) is 0 Å². The summed E-state index contributed by atoms with van der Waals surface area (Å²) in [6.45, 7) is 0.0626. The van der Waals surface area contributed by atoms with Gasteiger partial charge in [0.25, 0.3) is 0 Å². The first-order valence-electron chi connectivity index (χ1n) is 9.28. The van der Waals surface area contributed by atoms with E-state index in [1.54, 1.807) is 23.0 Å². The summed E-state index contributed by atoms with van der Waals surface area (Å²) in [5, 5.41) is 22.7. The maximum atomic E-state index is 10.6. The fourth-order valence-corrected chi connectivity index (χ4v) is 3.98. The van der Waals surface area contributed by atoms with Gasteiger partial charge in [0.05, 0.1) is 10.9 Å². The van der Waals surface area contributed by atoms with Crippen molar-refractivity contribution in [2.75, 3.05) is 12.3 Å². The Morgan fingerprint density at radius 2 is 2.00 bits per heavy atom. The lowest BCUT2D eigenvalue weighted by Gasteiger charge is -2.17. The van der Waals surface area contributed by atoms with E-state index in [9.17, 15) is 10.2 Å². The summed E-state index contributed by atoms with van der Waals surface area (Å²) in [6.07, 6.45) is 0.938. The number of hydrogen-bond acceptors (Lipinski definition) is 8. The number of aliphatic hydroxyl groups excluding tert-OH is 2. The van der Waals surface area contributed by atoms with Crippen LogP contribution in [0.5, 0.6) is 5.75 Å². The van der Waals surface area contributed by atoms with Crippen LogP contribution in [0.1, 0.15) is 6.23 Å². The number of nitrogens with two attached hydrogens (primary N) is 1. The van der Waals surface area contributed by atoms with Crippen LogP contribution >= 0.6 is 15.9 Å². The Labute approximate surface area is 179 Å². The average molecular weight is 472 g/mol. The Bertz CT molecular complexity index is 1230. The minimum atomic E-state index is -1.15. The molecular formula is C20H18BrN5O4. The summed E-state index contributed by atoms with van der Waals surface area (Å²) < 4.78 is 14.3. The lowest BCUT2D eigenvalue weighted by molar-refractivity contribution is -0.0471. The normalized spacial score (nSPS) is 24.0. The molecule has 1 aromatic carbocycles. The van der Waals surface area contributed by atoms with E-state index in [1.165, 1.54) is 6.33 Å². The Balaban J connectivity index is 1.33. The molecule has 4 atom stereocenters.